The maximum atomic E-state index is 11.2. The Balaban J connectivity index is 3.43. The predicted molar refractivity (Wildman–Crippen MR) is 52.3 cm³/mol. The predicted octanol–water partition coefficient (Wildman–Crippen LogP) is 2.08. The van der Waals surface area contributed by atoms with Crippen LogP contribution >= 0.6 is 23.2 Å². The molecule has 80 valence electrons. The van der Waals surface area contributed by atoms with Gasteiger partial charge in [-0.15, -0.1) is 0 Å². The normalized spacial score (nSPS) is 9.80. The van der Waals surface area contributed by atoms with Crippen molar-refractivity contribution in [2.45, 2.75) is 0 Å². The first kappa shape index (κ1) is 11.7. The lowest BCUT2D eigenvalue weighted by Crippen LogP contribution is -2.06. The van der Waals surface area contributed by atoms with Crippen LogP contribution in [0.3, 0.4) is 0 Å². The van der Waals surface area contributed by atoms with E-state index in [4.69, 9.17) is 23.2 Å². The van der Waals surface area contributed by atoms with Gasteiger partial charge < -0.3 is 4.74 Å². The Kier molecular flexibility index (Phi) is 3.43. The van der Waals surface area contributed by atoms with Crippen LogP contribution in [0.1, 0.15) is 10.4 Å². The van der Waals surface area contributed by atoms with Crippen LogP contribution in [0.25, 0.3) is 0 Å². The fraction of sp³-hybridized carbons (Fsp3) is 0.143. The van der Waals surface area contributed by atoms with Gasteiger partial charge in [0, 0.05) is 0 Å². The van der Waals surface area contributed by atoms with Crippen molar-refractivity contribution in [3.63, 3.8) is 0 Å². The highest BCUT2D eigenvalue weighted by Crippen LogP contribution is 2.31. The topological polar surface area (TPSA) is 82.3 Å². The van der Waals surface area contributed by atoms with Gasteiger partial charge in [-0.3, -0.25) is 10.1 Å². The van der Waals surface area contributed by atoms with Gasteiger partial charge in [-0.05, 0) is 0 Å². The first-order valence-corrected chi connectivity index (χ1v) is 4.31. The first-order chi connectivity index (χ1) is 6.99. The second-order valence-electron chi connectivity index (χ2n) is 2.37. The molecule has 8 heteroatoms. The molecule has 0 spiro atoms. The number of nitro groups is 1. The van der Waals surface area contributed by atoms with E-state index < -0.39 is 16.6 Å². The average molecular weight is 251 g/mol. The lowest BCUT2D eigenvalue weighted by molar-refractivity contribution is -0.385. The molecule has 1 aromatic heterocycles. The largest absolute Gasteiger partial charge is 0.465 e. The Morgan fingerprint density at radius 2 is 2.20 bits per heavy atom. The summed E-state index contributed by atoms with van der Waals surface area (Å²) in [6, 6.07) is 0. The van der Waals surface area contributed by atoms with E-state index in [1.807, 2.05) is 0 Å². The third kappa shape index (κ3) is 2.16. The van der Waals surface area contributed by atoms with Crippen molar-refractivity contribution in [2.75, 3.05) is 7.11 Å². The van der Waals surface area contributed by atoms with E-state index in [0.29, 0.717) is 0 Å². The van der Waals surface area contributed by atoms with Gasteiger partial charge in [0.25, 0.3) is 0 Å². The minimum Gasteiger partial charge on any atom is -0.465 e. The molecule has 0 unspecified atom stereocenters. The third-order valence-corrected chi connectivity index (χ3v) is 2.21. The van der Waals surface area contributed by atoms with E-state index in [0.717, 1.165) is 13.3 Å². The summed E-state index contributed by atoms with van der Waals surface area (Å²) in [5.41, 5.74) is -0.809. The molecule has 0 radical (unpaired) electrons. The molecule has 0 N–H and O–H groups in total. The fourth-order valence-corrected chi connectivity index (χ4v) is 1.41. The highest BCUT2D eigenvalue weighted by molar-refractivity contribution is 6.39. The maximum Gasteiger partial charge on any atom is 0.342 e. The van der Waals surface area contributed by atoms with Crippen molar-refractivity contribution in [1.82, 2.24) is 4.98 Å². The zero-order valence-electron chi connectivity index (χ0n) is 7.36. The van der Waals surface area contributed by atoms with E-state index in [9.17, 15) is 14.9 Å². The molecule has 0 aromatic carbocycles. The molecule has 0 amide bonds. The summed E-state index contributed by atoms with van der Waals surface area (Å²) in [5.74, 6) is -0.874. The number of rotatable bonds is 2. The number of aromatic nitrogens is 1. The van der Waals surface area contributed by atoms with Crippen molar-refractivity contribution in [3.8, 4) is 0 Å². The van der Waals surface area contributed by atoms with Crippen LogP contribution in [0, 0.1) is 10.1 Å². The van der Waals surface area contributed by atoms with Crippen LogP contribution in [-0.2, 0) is 4.74 Å². The summed E-state index contributed by atoms with van der Waals surface area (Å²) in [7, 11) is 1.10. The molecule has 0 bridgehead atoms. The molecule has 0 saturated carbocycles. The monoisotopic (exact) mass is 250 g/mol. The van der Waals surface area contributed by atoms with Gasteiger partial charge in [-0.2, -0.15) is 0 Å². The molecule has 15 heavy (non-hydrogen) atoms. The minimum atomic E-state index is -0.874. The summed E-state index contributed by atoms with van der Waals surface area (Å²) in [6.07, 6.45) is 0.872. The van der Waals surface area contributed by atoms with Crippen LogP contribution in [0.2, 0.25) is 10.2 Å². The summed E-state index contributed by atoms with van der Waals surface area (Å²) < 4.78 is 4.36. The van der Waals surface area contributed by atoms with Gasteiger partial charge in [0.15, 0.2) is 0 Å². The summed E-state index contributed by atoms with van der Waals surface area (Å²) >= 11 is 11.2. The van der Waals surface area contributed by atoms with E-state index in [2.05, 4.69) is 9.72 Å². The number of methoxy groups -OCH3 is 1. The van der Waals surface area contributed by atoms with Gasteiger partial charge in [0.1, 0.15) is 21.9 Å². The molecule has 6 nitrogen and oxygen atoms in total. The summed E-state index contributed by atoms with van der Waals surface area (Å²) in [4.78, 5) is 24.4. The van der Waals surface area contributed by atoms with Crippen molar-refractivity contribution in [3.05, 3.63) is 32.1 Å². The number of pyridine rings is 1. The van der Waals surface area contributed by atoms with E-state index >= 15 is 0 Å². The third-order valence-electron chi connectivity index (χ3n) is 1.54. The van der Waals surface area contributed by atoms with Gasteiger partial charge in [0.05, 0.1) is 12.0 Å². The fourth-order valence-electron chi connectivity index (χ4n) is 0.861. The first-order valence-electron chi connectivity index (χ1n) is 3.55. The van der Waals surface area contributed by atoms with Crippen molar-refractivity contribution < 1.29 is 14.5 Å². The molecular weight excluding hydrogens is 247 g/mol. The zero-order valence-corrected chi connectivity index (χ0v) is 8.87. The molecule has 0 aliphatic rings. The summed E-state index contributed by atoms with van der Waals surface area (Å²) in [5, 5.41) is 9.86. The van der Waals surface area contributed by atoms with E-state index in [-0.39, 0.29) is 15.7 Å². The van der Waals surface area contributed by atoms with Crippen LogP contribution in [0.5, 0.6) is 0 Å². The Hall–Kier alpha value is -1.40. The molecular formula is C7H4Cl2N2O4. The van der Waals surface area contributed by atoms with Gasteiger partial charge in [0.2, 0.25) is 0 Å². The lowest BCUT2D eigenvalue weighted by atomic mass is 10.2. The molecule has 1 aromatic rings. The number of halogens is 2. The SMILES string of the molecule is COC(=O)c1c(Cl)ncc([N+](=O)[O-])c1Cl. The molecule has 1 heterocycles. The second kappa shape index (κ2) is 4.41. The Morgan fingerprint density at radius 3 is 2.67 bits per heavy atom. The number of esters is 1. The molecule has 0 fully saturated rings. The van der Waals surface area contributed by atoms with Crippen LogP contribution < -0.4 is 0 Å². The number of ether oxygens (including phenoxy) is 1. The number of nitrogens with zero attached hydrogens (tertiary/aromatic N) is 2. The van der Waals surface area contributed by atoms with Crippen LogP contribution in [0.4, 0.5) is 5.69 Å². The highest BCUT2D eigenvalue weighted by Gasteiger charge is 2.25. The molecule has 0 aliphatic carbocycles. The zero-order chi connectivity index (χ0) is 11.6. The van der Waals surface area contributed by atoms with Gasteiger partial charge in [-0.25, -0.2) is 9.78 Å². The molecule has 0 atom stereocenters. The lowest BCUT2D eigenvalue weighted by Gasteiger charge is -2.03. The molecule has 0 aliphatic heterocycles. The van der Waals surface area contributed by atoms with Crippen LogP contribution in [-0.4, -0.2) is 23.0 Å². The minimum absolute atomic E-state index is 0.238. The number of hydrogen-bond donors (Lipinski definition) is 0. The Bertz CT molecular complexity index is 435. The van der Waals surface area contributed by atoms with E-state index in [1.165, 1.54) is 0 Å². The number of hydrogen-bond acceptors (Lipinski definition) is 5. The van der Waals surface area contributed by atoms with Crippen LogP contribution in [0.15, 0.2) is 6.20 Å². The molecule has 1 rings (SSSR count). The number of carbonyl (C=O) groups is 1. The summed E-state index contributed by atoms with van der Waals surface area (Å²) in [6.45, 7) is 0. The van der Waals surface area contributed by atoms with Crippen molar-refractivity contribution >= 4 is 34.9 Å². The average Bonchev–Trinajstić information content (AvgIpc) is 2.16. The molecule has 0 saturated heterocycles. The Labute approximate surface area is 93.9 Å². The highest BCUT2D eigenvalue weighted by atomic mass is 35.5. The van der Waals surface area contributed by atoms with Crippen molar-refractivity contribution in [2.24, 2.45) is 0 Å². The number of carbonyl (C=O) groups excluding carboxylic acids is 1. The smallest absolute Gasteiger partial charge is 0.342 e. The maximum absolute atomic E-state index is 11.2. The Morgan fingerprint density at radius 1 is 1.60 bits per heavy atom. The van der Waals surface area contributed by atoms with Crippen molar-refractivity contribution in [1.29, 1.82) is 0 Å². The standard InChI is InChI=1S/C7H4Cl2N2O4/c1-15-7(12)4-5(8)3(11(13)14)2-10-6(4)9/h2H,1H3. The quantitative estimate of drug-likeness (QED) is 0.347. The van der Waals surface area contributed by atoms with Gasteiger partial charge >= 0.3 is 11.7 Å². The second-order valence-corrected chi connectivity index (χ2v) is 3.11. The van der Waals surface area contributed by atoms with Gasteiger partial charge in [-0.1, -0.05) is 23.2 Å². The van der Waals surface area contributed by atoms with E-state index in [1.54, 1.807) is 0 Å².